The van der Waals surface area contributed by atoms with Gasteiger partial charge in [-0.3, -0.25) is 4.90 Å². The van der Waals surface area contributed by atoms with Gasteiger partial charge in [-0.15, -0.1) is 0 Å². The minimum atomic E-state index is -0.859. The number of ether oxygens (including phenoxy) is 2. The van der Waals surface area contributed by atoms with E-state index < -0.39 is 12.0 Å². The van der Waals surface area contributed by atoms with Crippen LogP contribution < -0.4 is 9.64 Å². The van der Waals surface area contributed by atoms with Crippen LogP contribution >= 0.6 is 11.6 Å². The van der Waals surface area contributed by atoms with Crippen molar-refractivity contribution in [1.82, 2.24) is 19.9 Å². The fourth-order valence-corrected chi connectivity index (χ4v) is 5.06. The average Bonchev–Trinajstić information content (AvgIpc) is 3.17. The first-order valence-electron chi connectivity index (χ1n) is 10.5. The molecule has 7 nitrogen and oxygen atoms in total. The van der Waals surface area contributed by atoms with Gasteiger partial charge in [0.25, 0.3) is 0 Å². The second kappa shape index (κ2) is 8.11. The quantitative estimate of drug-likeness (QED) is 0.522. The number of hydrogen-bond acceptors (Lipinski definition) is 7. The fraction of sp³-hybridized carbons (Fsp3) is 0.571. The molecule has 0 unspecified atom stereocenters. The van der Waals surface area contributed by atoms with Crippen LogP contribution in [0.4, 0.5) is 14.6 Å². The van der Waals surface area contributed by atoms with Gasteiger partial charge in [0.05, 0.1) is 24.1 Å². The zero-order valence-electron chi connectivity index (χ0n) is 17.1. The van der Waals surface area contributed by atoms with E-state index in [0.29, 0.717) is 50.5 Å². The van der Waals surface area contributed by atoms with Crippen LogP contribution in [0.15, 0.2) is 18.3 Å². The first kappa shape index (κ1) is 20.8. The van der Waals surface area contributed by atoms with Crippen LogP contribution in [0, 0.1) is 5.82 Å². The summed E-state index contributed by atoms with van der Waals surface area (Å²) in [6.07, 6.45) is 2.91. The maximum Gasteiger partial charge on any atom is 0.319 e. The highest BCUT2D eigenvalue weighted by molar-refractivity contribution is 6.30. The van der Waals surface area contributed by atoms with Crippen LogP contribution in [0.3, 0.4) is 0 Å². The minimum absolute atomic E-state index is 0.0444. The molecule has 10 heteroatoms. The van der Waals surface area contributed by atoms with Gasteiger partial charge >= 0.3 is 6.01 Å². The summed E-state index contributed by atoms with van der Waals surface area (Å²) in [6.45, 7) is 7.58. The third kappa shape index (κ3) is 3.83. The summed E-state index contributed by atoms with van der Waals surface area (Å²) < 4.78 is 40.4. The third-order valence-electron chi connectivity index (χ3n) is 6.36. The fourth-order valence-electron chi connectivity index (χ4n) is 4.92. The summed E-state index contributed by atoms with van der Waals surface area (Å²) in [7, 11) is 0. The Labute approximate surface area is 184 Å². The van der Waals surface area contributed by atoms with Crippen molar-refractivity contribution >= 4 is 28.3 Å². The molecule has 0 aromatic carbocycles. The predicted octanol–water partition coefficient (Wildman–Crippen LogP) is 3.17. The molecule has 2 atom stereocenters. The third-order valence-corrected chi connectivity index (χ3v) is 6.62. The van der Waals surface area contributed by atoms with Gasteiger partial charge in [0.1, 0.15) is 24.1 Å². The SMILES string of the molecule is C=C1COCCN(c2nc(OC[C@@]34CCCN3C[C@H](F)C4)nc3c(F)c(Cl)ncc23)C1. The molecule has 2 aromatic rings. The normalized spacial score (nSPS) is 27.0. The molecule has 3 fully saturated rings. The molecular formula is C21H24ClF2N5O2. The zero-order valence-corrected chi connectivity index (χ0v) is 17.9. The number of fused-ring (bicyclic) bond motifs is 2. The Hall–Kier alpha value is -2.10. The van der Waals surface area contributed by atoms with Crippen LogP contribution in [0.1, 0.15) is 19.3 Å². The van der Waals surface area contributed by atoms with Gasteiger partial charge in [-0.05, 0) is 25.0 Å². The molecule has 0 amide bonds. The predicted molar refractivity (Wildman–Crippen MR) is 113 cm³/mol. The van der Waals surface area contributed by atoms with Gasteiger partial charge < -0.3 is 14.4 Å². The molecule has 0 aliphatic carbocycles. The molecule has 0 N–H and O–H groups in total. The molecule has 3 aliphatic rings. The summed E-state index contributed by atoms with van der Waals surface area (Å²) >= 11 is 5.91. The lowest BCUT2D eigenvalue weighted by Gasteiger charge is -2.31. The summed E-state index contributed by atoms with van der Waals surface area (Å²) in [5, 5.41) is 0.178. The van der Waals surface area contributed by atoms with E-state index in [-0.39, 0.29) is 28.8 Å². The van der Waals surface area contributed by atoms with E-state index in [0.717, 1.165) is 25.0 Å². The number of alkyl halides is 1. The smallest absolute Gasteiger partial charge is 0.319 e. The van der Waals surface area contributed by atoms with E-state index in [9.17, 15) is 8.78 Å². The number of pyridine rings is 1. The van der Waals surface area contributed by atoms with Crippen molar-refractivity contribution in [1.29, 1.82) is 0 Å². The molecule has 31 heavy (non-hydrogen) atoms. The summed E-state index contributed by atoms with van der Waals surface area (Å²) in [5.74, 6) is -0.229. The molecule has 0 radical (unpaired) electrons. The lowest BCUT2D eigenvalue weighted by Crippen LogP contribution is -2.43. The molecule has 5 heterocycles. The van der Waals surface area contributed by atoms with Gasteiger partial charge in [0.2, 0.25) is 0 Å². The van der Waals surface area contributed by atoms with Crippen molar-refractivity contribution in [2.45, 2.75) is 31.0 Å². The Balaban J connectivity index is 1.51. The second-order valence-electron chi connectivity index (χ2n) is 8.54. The van der Waals surface area contributed by atoms with Crippen LogP contribution in [-0.4, -0.2) is 77.6 Å². The van der Waals surface area contributed by atoms with E-state index in [4.69, 9.17) is 21.1 Å². The monoisotopic (exact) mass is 451 g/mol. The van der Waals surface area contributed by atoms with E-state index in [1.54, 1.807) is 0 Å². The molecule has 0 spiro atoms. The highest BCUT2D eigenvalue weighted by atomic mass is 35.5. The Kier molecular flexibility index (Phi) is 5.44. The van der Waals surface area contributed by atoms with Crippen LogP contribution in [0.5, 0.6) is 6.01 Å². The van der Waals surface area contributed by atoms with Gasteiger partial charge in [0.15, 0.2) is 11.0 Å². The zero-order chi connectivity index (χ0) is 21.6. The Morgan fingerprint density at radius 3 is 3.10 bits per heavy atom. The van der Waals surface area contributed by atoms with Gasteiger partial charge in [0, 0.05) is 32.3 Å². The maximum absolute atomic E-state index is 14.8. The summed E-state index contributed by atoms with van der Waals surface area (Å²) in [6, 6.07) is 0.0444. The van der Waals surface area contributed by atoms with Crippen LogP contribution in [0.2, 0.25) is 5.15 Å². The highest BCUT2D eigenvalue weighted by Gasteiger charge is 2.49. The van der Waals surface area contributed by atoms with Crippen LogP contribution in [-0.2, 0) is 4.74 Å². The molecule has 3 aliphatic heterocycles. The molecule has 0 saturated carbocycles. The number of nitrogens with zero attached hydrogens (tertiary/aromatic N) is 5. The number of hydrogen-bond donors (Lipinski definition) is 0. The van der Waals surface area contributed by atoms with E-state index in [1.165, 1.54) is 6.20 Å². The molecule has 3 saturated heterocycles. The Bertz CT molecular complexity index is 1020. The van der Waals surface area contributed by atoms with Gasteiger partial charge in [-0.2, -0.15) is 9.97 Å². The topological polar surface area (TPSA) is 63.6 Å². The average molecular weight is 452 g/mol. The number of halogens is 3. The van der Waals surface area contributed by atoms with Crippen molar-refractivity contribution in [2.24, 2.45) is 0 Å². The molecule has 2 aromatic heterocycles. The Morgan fingerprint density at radius 2 is 2.23 bits per heavy atom. The second-order valence-corrected chi connectivity index (χ2v) is 8.90. The molecular weight excluding hydrogens is 428 g/mol. The Morgan fingerprint density at radius 1 is 1.35 bits per heavy atom. The van der Waals surface area contributed by atoms with Gasteiger partial charge in [-0.1, -0.05) is 18.2 Å². The minimum Gasteiger partial charge on any atom is -0.461 e. The van der Waals surface area contributed by atoms with Crippen molar-refractivity contribution in [2.75, 3.05) is 50.9 Å². The van der Waals surface area contributed by atoms with Crippen LogP contribution in [0.25, 0.3) is 10.9 Å². The molecule has 0 bridgehead atoms. The highest BCUT2D eigenvalue weighted by Crippen LogP contribution is 2.40. The van der Waals surface area contributed by atoms with E-state index in [1.807, 2.05) is 4.90 Å². The molecule has 5 rings (SSSR count). The standard InChI is InChI=1S/C21H24ClF2N5O2/c1-13-9-28(5-6-30-11-13)19-15-8-25-18(22)16(24)17(15)26-20(27-19)31-12-21-3-2-4-29(21)10-14(23)7-21/h8,14H,1-7,9-12H2/t14-,21+/m1/s1. The van der Waals surface area contributed by atoms with Crippen molar-refractivity contribution < 1.29 is 18.3 Å². The molecule has 166 valence electrons. The lowest BCUT2D eigenvalue weighted by molar-refractivity contribution is 0.107. The first-order chi connectivity index (χ1) is 14.9. The lowest BCUT2D eigenvalue weighted by atomic mass is 9.95. The first-order valence-corrected chi connectivity index (χ1v) is 10.9. The maximum atomic E-state index is 14.8. The van der Waals surface area contributed by atoms with E-state index in [2.05, 4.69) is 26.4 Å². The largest absolute Gasteiger partial charge is 0.461 e. The number of aromatic nitrogens is 3. The number of rotatable bonds is 4. The number of anilines is 1. The van der Waals surface area contributed by atoms with Gasteiger partial charge in [-0.25, -0.2) is 13.8 Å². The van der Waals surface area contributed by atoms with Crippen molar-refractivity contribution in [3.63, 3.8) is 0 Å². The summed E-state index contributed by atoms with van der Waals surface area (Å²) in [5.41, 5.74) is 0.581. The van der Waals surface area contributed by atoms with E-state index >= 15 is 0 Å². The summed E-state index contributed by atoms with van der Waals surface area (Å²) in [4.78, 5) is 16.9. The van der Waals surface area contributed by atoms with Crippen molar-refractivity contribution in [3.8, 4) is 6.01 Å². The van der Waals surface area contributed by atoms with Crippen molar-refractivity contribution in [3.05, 3.63) is 29.3 Å².